The minimum atomic E-state index is 1.14. The molecule has 2 heteroatoms. The third kappa shape index (κ3) is 4.21. The van der Waals surface area contributed by atoms with Crippen molar-refractivity contribution < 1.29 is 0 Å². The molecule has 0 atom stereocenters. The van der Waals surface area contributed by atoms with E-state index < -0.39 is 0 Å². The Kier molecular flexibility index (Phi) is 5.59. The van der Waals surface area contributed by atoms with Crippen LogP contribution in [0.4, 0.5) is 17.1 Å². The SMILES string of the molecule is Bc1ccc(N(c2ccc(-c3ccccc3)cc2)c2ccc(-c3ccccc3)cc2)cc1. The zero-order valence-electron chi connectivity index (χ0n) is 18.1. The molecule has 0 spiro atoms. The van der Waals surface area contributed by atoms with Gasteiger partial charge >= 0.3 is 0 Å². The molecule has 5 aromatic carbocycles. The van der Waals surface area contributed by atoms with Gasteiger partial charge in [-0.2, -0.15) is 0 Å². The Balaban J connectivity index is 1.53. The minimum Gasteiger partial charge on any atom is -0.311 e. The highest BCUT2D eigenvalue weighted by Crippen LogP contribution is 2.36. The first-order valence-electron chi connectivity index (χ1n) is 11.0. The van der Waals surface area contributed by atoms with Crippen molar-refractivity contribution in [2.24, 2.45) is 0 Å². The first-order valence-corrected chi connectivity index (χ1v) is 11.0. The molecule has 152 valence electrons. The third-order valence-electron chi connectivity index (χ3n) is 5.76. The van der Waals surface area contributed by atoms with Crippen molar-refractivity contribution in [1.29, 1.82) is 0 Å². The average Bonchev–Trinajstić information content (AvgIpc) is 2.87. The fourth-order valence-electron chi connectivity index (χ4n) is 4.01. The molecule has 0 unspecified atom stereocenters. The van der Waals surface area contributed by atoms with E-state index in [2.05, 4.69) is 146 Å². The van der Waals surface area contributed by atoms with Gasteiger partial charge in [-0.1, -0.05) is 103 Å². The zero-order chi connectivity index (χ0) is 21.8. The normalized spacial score (nSPS) is 10.6. The van der Waals surface area contributed by atoms with E-state index in [1.165, 1.54) is 27.7 Å². The second-order valence-corrected chi connectivity index (χ2v) is 8.00. The van der Waals surface area contributed by atoms with Gasteiger partial charge in [-0.15, -0.1) is 0 Å². The van der Waals surface area contributed by atoms with Crippen LogP contribution in [0, 0.1) is 0 Å². The second kappa shape index (κ2) is 8.99. The number of hydrogen-bond donors (Lipinski definition) is 0. The lowest BCUT2D eigenvalue weighted by Gasteiger charge is -2.26. The van der Waals surface area contributed by atoms with Crippen LogP contribution in [0.3, 0.4) is 0 Å². The molecule has 0 bridgehead atoms. The van der Waals surface area contributed by atoms with Crippen LogP contribution in [-0.2, 0) is 0 Å². The van der Waals surface area contributed by atoms with Gasteiger partial charge in [-0.3, -0.25) is 0 Å². The second-order valence-electron chi connectivity index (χ2n) is 8.00. The van der Waals surface area contributed by atoms with Crippen LogP contribution < -0.4 is 10.4 Å². The van der Waals surface area contributed by atoms with Crippen LogP contribution >= 0.6 is 0 Å². The van der Waals surface area contributed by atoms with E-state index >= 15 is 0 Å². The van der Waals surface area contributed by atoms with Crippen molar-refractivity contribution in [3.63, 3.8) is 0 Å². The molecule has 0 saturated carbocycles. The Labute approximate surface area is 191 Å². The van der Waals surface area contributed by atoms with Crippen molar-refractivity contribution in [2.45, 2.75) is 0 Å². The van der Waals surface area contributed by atoms with Gasteiger partial charge in [0.2, 0.25) is 0 Å². The lowest BCUT2D eigenvalue weighted by molar-refractivity contribution is 1.29. The van der Waals surface area contributed by atoms with E-state index in [1.807, 2.05) is 0 Å². The summed E-state index contributed by atoms with van der Waals surface area (Å²) in [6.45, 7) is 0. The summed E-state index contributed by atoms with van der Waals surface area (Å²) in [5, 5.41) is 0. The molecule has 32 heavy (non-hydrogen) atoms. The van der Waals surface area contributed by atoms with Crippen molar-refractivity contribution in [3.05, 3.63) is 133 Å². The lowest BCUT2D eigenvalue weighted by Crippen LogP contribution is -2.11. The van der Waals surface area contributed by atoms with Crippen LogP contribution in [0.2, 0.25) is 0 Å². The van der Waals surface area contributed by atoms with Gasteiger partial charge in [0.15, 0.2) is 0 Å². The minimum absolute atomic E-state index is 1.14. The van der Waals surface area contributed by atoms with Crippen molar-refractivity contribution >= 4 is 30.4 Å². The zero-order valence-corrected chi connectivity index (χ0v) is 18.1. The predicted octanol–water partition coefficient (Wildman–Crippen LogP) is 6.75. The molecule has 5 aromatic rings. The summed E-state index contributed by atoms with van der Waals surface area (Å²) in [5.74, 6) is 0. The summed E-state index contributed by atoms with van der Waals surface area (Å²) >= 11 is 0. The molecule has 0 aliphatic heterocycles. The number of rotatable bonds is 5. The van der Waals surface area contributed by atoms with Gasteiger partial charge in [-0.25, -0.2) is 0 Å². The van der Waals surface area contributed by atoms with Gasteiger partial charge in [0.1, 0.15) is 7.85 Å². The molecular formula is C30H24BN. The highest BCUT2D eigenvalue weighted by Gasteiger charge is 2.13. The molecule has 1 nitrogen and oxygen atoms in total. The van der Waals surface area contributed by atoms with E-state index in [0.717, 1.165) is 17.1 Å². The lowest BCUT2D eigenvalue weighted by atomic mass is 9.96. The van der Waals surface area contributed by atoms with Crippen LogP contribution in [-0.4, -0.2) is 7.85 Å². The molecule has 0 N–H and O–H groups in total. The number of benzene rings is 5. The number of anilines is 3. The summed E-state index contributed by atoms with van der Waals surface area (Å²) < 4.78 is 0. The standard InChI is InChI=1S/C30H24BN/c31-27-15-21-30(22-16-27)32(28-17-11-25(12-18-28)23-7-3-1-4-8-23)29-19-13-26(14-20-29)24-9-5-2-6-10-24/h1-22H,31H2. The quantitative estimate of drug-likeness (QED) is 0.290. The maximum absolute atomic E-state index is 2.31. The van der Waals surface area contributed by atoms with E-state index in [9.17, 15) is 0 Å². The van der Waals surface area contributed by atoms with Gasteiger partial charge in [0, 0.05) is 17.1 Å². The monoisotopic (exact) mass is 409 g/mol. The number of hydrogen-bond acceptors (Lipinski definition) is 1. The molecule has 0 saturated heterocycles. The van der Waals surface area contributed by atoms with E-state index in [0.29, 0.717) is 0 Å². The molecule has 0 heterocycles. The first-order chi connectivity index (χ1) is 15.8. The summed E-state index contributed by atoms with van der Waals surface area (Å²) in [6, 6.07) is 47.3. The summed E-state index contributed by atoms with van der Waals surface area (Å²) in [4.78, 5) is 2.31. The van der Waals surface area contributed by atoms with Gasteiger partial charge in [0.05, 0.1) is 0 Å². The van der Waals surface area contributed by atoms with Crippen LogP contribution in [0.5, 0.6) is 0 Å². The summed E-state index contributed by atoms with van der Waals surface area (Å²) in [6.07, 6.45) is 0. The maximum Gasteiger partial charge on any atom is 0.139 e. The van der Waals surface area contributed by atoms with Crippen LogP contribution in [0.1, 0.15) is 0 Å². The average molecular weight is 409 g/mol. The van der Waals surface area contributed by atoms with Crippen molar-refractivity contribution in [2.75, 3.05) is 4.90 Å². The molecule has 0 fully saturated rings. The van der Waals surface area contributed by atoms with Gasteiger partial charge in [0.25, 0.3) is 0 Å². The van der Waals surface area contributed by atoms with Gasteiger partial charge in [-0.05, 0) is 58.7 Å². The molecule has 0 aliphatic rings. The van der Waals surface area contributed by atoms with E-state index in [-0.39, 0.29) is 0 Å². The van der Waals surface area contributed by atoms with Crippen molar-refractivity contribution in [3.8, 4) is 22.3 Å². The smallest absolute Gasteiger partial charge is 0.139 e. The van der Waals surface area contributed by atoms with Gasteiger partial charge < -0.3 is 4.90 Å². The Hall–Kier alpha value is -4.04. The summed E-state index contributed by atoms with van der Waals surface area (Å²) in [7, 11) is 2.12. The predicted molar refractivity (Wildman–Crippen MR) is 140 cm³/mol. The highest BCUT2D eigenvalue weighted by atomic mass is 15.1. The topological polar surface area (TPSA) is 3.24 Å². The van der Waals surface area contributed by atoms with Crippen LogP contribution in [0.25, 0.3) is 22.3 Å². The molecule has 0 radical (unpaired) electrons. The highest BCUT2D eigenvalue weighted by molar-refractivity contribution is 6.32. The third-order valence-corrected chi connectivity index (χ3v) is 5.76. The molecule has 0 aromatic heterocycles. The Morgan fingerprint density at radius 3 is 1.03 bits per heavy atom. The summed E-state index contributed by atoms with van der Waals surface area (Å²) in [5.41, 5.74) is 9.58. The molecular weight excluding hydrogens is 385 g/mol. The van der Waals surface area contributed by atoms with E-state index in [1.54, 1.807) is 0 Å². The Morgan fingerprint density at radius 2 is 0.656 bits per heavy atom. The first kappa shape index (κ1) is 19.9. The molecule has 5 rings (SSSR count). The Bertz CT molecular complexity index is 1190. The Morgan fingerprint density at radius 1 is 0.344 bits per heavy atom. The fraction of sp³-hybridized carbons (Fsp3) is 0. The van der Waals surface area contributed by atoms with Crippen LogP contribution in [0.15, 0.2) is 133 Å². The fourth-order valence-corrected chi connectivity index (χ4v) is 4.01. The largest absolute Gasteiger partial charge is 0.311 e. The number of nitrogens with zero attached hydrogens (tertiary/aromatic N) is 1. The molecule has 0 amide bonds. The van der Waals surface area contributed by atoms with E-state index in [4.69, 9.17) is 0 Å². The van der Waals surface area contributed by atoms with Crippen molar-refractivity contribution in [1.82, 2.24) is 0 Å². The maximum atomic E-state index is 2.31. The molecule has 0 aliphatic carbocycles.